The van der Waals surface area contributed by atoms with Crippen LogP contribution in [0.3, 0.4) is 0 Å². The van der Waals surface area contributed by atoms with Gasteiger partial charge in [-0.25, -0.2) is 9.97 Å². The van der Waals surface area contributed by atoms with Gasteiger partial charge in [0.1, 0.15) is 11.3 Å². The smallest absolute Gasteiger partial charge is 0.279 e. The Morgan fingerprint density at radius 3 is 3.00 bits per heavy atom. The fraction of sp³-hybridized carbons (Fsp3) is 0.200. The highest BCUT2D eigenvalue weighted by molar-refractivity contribution is 5.71. The number of hydrogen-bond acceptors (Lipinski definition) is 4. The molecule has 0 saturated carbocycles. The number of aryl methyl sites for hydroxylation is 1. The van der Waals surface area contributed by atoms with Gasteiger partial charge in [0.25, 0.3) is 5.56 Å². The van der Waals surface area contributed by atoms with E-state index in [1.54, 1.807) is 17.1 Å². The highest BCUT2D eigenvalue weighted by atomic mass is 16.1. The molecule has 0 amide bonds. The van der Waals surface area contributed by atoms with Crippen molar-refractivity contribution in [1.29, 1.82) is 0 Å². The quantitative estimate of drug-likeness (QED) is 0.666. The van der Waals surface area contributed by atoms with E-state index in [0.717, 1.165) is 5.82 Å². The van der Waals surface area contributed by atoms with Crippen molar-refractivity contribution in [3.63, 3.8) is 0 Å². The third-order valence-electron chi connectivity index (χ3n) is 2.58. The molecule has 0 fully saturated rings. The van der Waals surface area contributed by atoms with Gasteiger partial charge in [0.2, 0.25) is 0 Å². The van der Waals surface area contributed by atoms with Crippen LogP contribution in [0.1, 0.15) is 5.82 Å². The second-order valence-electron chi connectivity index (χ2n) is 3.75. The van der Waals surface area contributed by atoms with E-state index in [0.29, 0.717) is 17.6 Å². The Morgan fingerprint density at radius 1 is 1.41 bits per heavy atom. The fourth-order valence-corrected chi connectivity index (χ4v) is 1.67. The molecule has 3 rings (SSSR count). The van der Waals surface area contributed by atoms with Crippen molar-refractivity contribution in [3.8, 4) is 0 Å². The molecular formula is C10H10N6O. The van der Waals surface area contributed by atoms with Gasteiger partial charge in [0, 0.05) is 19.4 Å². The molecule has 0 aliphatic rings. The van der Waals surface area contributed by atoms with Crippen LogP contribution in [0.5, 0.6) is 0 Å². The van der Waals surface area contributed by atoms with Crippen LogP contribution in [0, 0.1) is 0 Å². The van der Waals surface area contributed by atoms with Gasteiger partial charge in [-0.05, 0) is 0 Å². The first kappa shape index (κ1) is 9.76. The first-order valence-corrected chi connectivity index (χ1v) is 5.11. The summed E-state index contributed by atoms with van der Waals surface area (Å²) in [6.45, 7) is 0.513. The van der Waals surface area contributed by atoms with E-state index in [4.69, 9.17) is 0 Å². The van der Waals surface area contributed by atoms with Gasteiger partial charge in [-0.15, -0.1) is 0 Å². The lowest BCUT2D eigenvalue weighted by Gasteiger charge is -2.00. The van der Waals surface area contributed by atoms with Gasteiger partial charge in [0.15, 0.2) is 5.52 Å². The first-order chi connectivity index (χ1) is 8.24. The number of fused-ring (bicyclic) bond motifs is 1. The largest absolute Gasteiger partial charge is 0.336 e. The molecule has 0 unspecified atom stereocenters. The van der Waals surface area contributed by atoms with E-state index in [1.807, 2.05) is 17.8 Å². The zero-order valence-corrected chi connectivity index (χ0v) is 9.16. The van der Waals surface area contributed by atoms with Crippen LogP contribution in [0.25, 0.3) is 11.0 Å². The lowest BCUT2D eigenvalue weighted by Crippen LogP contribution is -2.08. The topological polar surface area (TPSA) is 81.4 Å². The van der Waals surface area contributed by atoms with Gasteiger partial charge in [-0.1, -0.05) is 0 Å². The average Bonchev–Trinajstić information content (AvgIpc) is 2.87. The molecule has 17 heavy (non-hydrogen) atoms. The van der Waals surface area contributed by atoms with Crippen LogP contribution in [-0.2, 0) is 13.6 Å². The SMILES string of the molecule is Cn1ccnc1Cn1cc2nc[nH]c(=O)c2n1. The predicted molar refractivity (Wildman–Crippen MR) is 60.5 cm³/mol. The standard InChI is InChI=1S/C10H10N6O/c1-15-3-2-11-8(15)5-16-4-7-9(14-16)10(17)13-6-12-7/h2-4,6H,5H2,1H3,(H,12,13,17). The van der Waals surface area contributed by atoms with Crippen molar-refractivity contribution < 1.29 is 0 Å². The van der Waals surface area contributed by atoms with E-state index < -0.39 is 0 Å². The molecule has 0 bridgehead atoms. The maximum atomic E-state index is 11.5. The molecule has 86 valence electrons. The van der Waals surface area contributed by atoms with E-state index in [2.05, 4.69) is 20.1 Å². The molecule has 0 aromatic carbocycles. The van der Waals surface area contributed by atoms with Crippen molar-refractivity contribution in [2.24, 2.45) is 7.05 Å². The second kappa shape index (κ2) is 3.55. The summed E-state index contributed by atoms with van der Waals surface area (Å²) in [7, 11) is 1.91. The third kappa shape index (κ3) is 1.61. The van der Waals surface area contributed by atoms with Gasteiger partial charge in [-0.2, -0.15) is 5.10 Å². The number of nitrogens with zero attached hydrogens (tertiary/aromatic N) is 5. The number of aromatic nitrogens is 6. The second-order valence-corrected chi connectivity index (χ2v) is 3.75. The maximum absolute atomic E-state index is 11.5. The van der Waals surface area contributed by atoms with E-state index in [9.17, 15) is 4.79 Å². The number of rotatable bonds is 2. The number of nitrogens with one attached hydrogen (secondary N) is 1. The van der Waals surface area contributed by atoms with Crippen LogP contribution < -0.4 is 5.56 Å². The highest BCUT2D eigenvalue weighted by Crippen LogP contribution is 2.04. The molecule has 0 radical (unpaired) electrons. The van der Waals surface area contributed by atoms with Crippen LogP contribution in [0.15, 0.2) is 29.7 Å². The summed E-state index contributed by atoms with van der Waals surface area (Å²) in [6.07, 6.45) is 6.70. The molecule has 0 saturated heterocycles. The Bertz CT molecular complexity index is 722. The first-order valence-electron chi connectivity index (χ1n) is 5.11. The van der Waals surface area contributed by atoms with E-state index in [-0.39, 0.29) is 5.56 Å². The van der Waals surface area contributed by atoms with Crippen molar-refractivity contribution in [1.82, 2.24) is 29.3 Å². The minimum absolute atomic E-state index is 0.228. The monoisotopic (exact) mass is 230 g/mol. The molecule has 3 heterocycles. The number of aromatic amines is 1. The summed E-state index contributed by atoms with van der Waals surface area (Å²) in [5.41, 5.74) is 0.707. The zero-order chi connectivity index (χ0) is 11.8. The Kier molecular flexibility index (Phi) is 2.04. The third-order valence-corrected chi connectivity index (χ3v) is 2.58. The molecule has 3 aromatic rings. The minimum atomic E-state index is -0.228. The van der Waals surface area contributed by atoms with E-state index >= 15 is 0 Å². The Balaban J connectivity index is 2.05. The number of H-pyrrole nitrogens is 1. The molecular weight excluding hydrogens is 220 g/mol. The van der Waals surface area contributed by atoms with Crippen LogP contribution in [0.4, 0.5) is 0 Å². The molecule has 0 atom stereocenters. The Hall–Kier alpha value is -2.44. The van der Waals surface area contributed by atoms with E-state index in [1.165, 1.54) is 6.33 Å². The molecule has 7 nitrogen and oxygen atoms in total. The number of imidazole rings is 1. The van der Waals surface area contributed by atoms with Gasteiger partial charge >= 0.3 is 0 Å². The molecule has 7 heteroatoms. The maximum Gasteiger partial charge on any atom is 0.279 e. The average molecular weight is 230 g/mol. The molecule has 0 aliphatic carbocycles. The molecule has 0 spiro atoms. The van der Waals surface area contributed by atoms with Crippen molar-refractivity contribution >= 4 is 11.0 Å². The van der Waals surface area contributed by atoms with Gasteiger partial charge < -0.3 is 9.55 Å². The molecule has 1 N–H and O–H groups in total. The lowest BCUT2D eigenvalue weighted by molar-refractivity contribution is 0.637. The van der Waals surface area contributed by atoms with Gasteiger partial charge in [0.05, 0.1) is 19.1 Å². The van der Waals surface area contributed by atoms with Crippen LogP contribution in [-0.4, -0.2) is 29.3 Å². The normalized spacial score (nSPS) is 11.1. The van der Waals surface area contributed by atoms with Crippen LogP contribution >= 0.6 is 0 Å². The Morgan fingerprint density at radius 2 is 2.29 bits per heavy atom. The summed E-state index contributed by atoms with van der Waals surface area (Å²) < 4.78 is 3.57. The summed E-state index contributed by atoms with van der Waals surface area (Å²) in [4.78, 5) is 22.2. The fourth-order valence-electron chi connectivity index (χ4n) is 1.67. The summed E-state index contributed by atoms with van der Waals surface area (Å²) in [5.74, 6) is 0.870. The van der Waals surface area contributed by atoms with Crippen LogP contribution in [0.2, 0.25) is 0 Å². The van der Waals surface area contributed by atoms with Gasteiger partial charge in [-0.3, -0.25) is 9.48 Å². The van der Waals surface area contributed by atoms with Crippen molar-refractivity contribution in [2.75, 3.05) is 0 Å². The predicted octanol–water partition coefficient (Wildman–Crippen LogP) is -0.0986. The van der Waals surface area contributed by atoms with Crippen molar-refractivity contribution in [3.05, 3.63) is 41.1 Å². The summed E-state index contributed by atoms with van der Waals surface area (Å²) in [5, 5.41) is 4.19. The molecule has 3 aromatic heterocycles. The van der Waals surface area contributed by atoms with Crippen molar-refractivity contribution in [2.45, 2.75) is 6.54 Å². The zero-order valence-electron chi connectivity index (χ0n) is 9.16. The number of hydrogen-bond donors (Lipinski definition) is 1. The lowest BCUT2D eigenvalue weighted by atomic mass is 10.5. The minimum Gasteiger partial charge on any atom is -0.336 e. The Labute approximate surface area is 95.7 Å². The summed E-state index contributed by atoms with van der Waals surface area (Å²) in [6, 6.07) is 0. The highest BCUT2D eigenvalue weighted by Gasteiger charge is 2.07. The molecule has 0 aliphatic heterocycles. The summed E-state index contributed by atoms with van der Waals surface area (Å²) >= 11 is 0.